The summed E-state index contributed by atoms with van der Waals surface area (Å²) in [4.78, 5) is 28.7. The van der Waals surface area contributed by atoms with Gasteiger partial charge in [0.15, 0.2) is 11.4 Å². The number of carbonyl (C=O) groups is 1. The Bertz CT molecular complexity index is 1160. The lowest BCUT2D eigenvalue weighted by Crippen LogP contribution is -2.49. The first-order valence-electron chi connectivity index (χ1n) is 12.3. The summed E-state index contributed by atoms with van der Waals surface area (Å²) in [7, 11) is 3.42. The van der Waals surface area contributed by atoms with E-state index in [9.17, 15) is 9.59 Å². The first kappa shape index (κ1) is 24.8. The average molecular weight is 472 g/mol. The summed E-state index contributed by atoms with van der Waals surface area (Å²) in [5, 5.41) is 0. The summed E-state index contributed by atoms with van der Waals surface area (Å²) in [5.74, 6) is -0.0584. The molecule has 4 rings (SSSR count). The van der Waals surface area contributed by atoms with Crippen LogP contribution < -0.4 is 15.6 Å². The lowest BCUT2D eigenvalue weighted by molar-refractivity contribution is 0.0580. The predicted molar refractivity (Wildman–Crippen MR) is 141 cm³/mol. The molecule has 2 heterocycles. The minimum absolute atomic E-state index is 0.0281. The number of nitrogens with zero attached hydrogens (tertiary/aromatic N) is 2. The van der Waals surface area contributed by atoms with E-state index in [1.165, 1.54) is 0 Å². The molecule has 0 saturated carbocycles. The second kappa shape index (κ2) is 11.4. The number of ether oxygens (including phenoxy) is 2. The quantitative estimate of drug-likeness (QED) is 0.337. The van der Waals surface area contributed by atoms with E-state index in [2.05, 4.69) is 31.2 Å². The molecule has 0 radical (unpaired) electrons. The number of unbranched alkanes of at least 4 members (excludes halogenated alkanes) is 1. The van der Waals surface area contributed by atoms with Gasteiger partial charge in [-0.3, -0.25) is 9.59 Å². The van der Waals surface area contributed by atoms with Crippen LogP contribution in [0.4, 0.5) is 0 Å². The number of benzene rings is 2. The van der Waals surface area contributed by atoms with Gasteiger partial charge in [-0.25, -0.2) is 0 Å². The molecule has 0 N–H and O–H groups in total. The van der Waals surface area contributed by atoms with Crippen LogP contribution >= 0.6 is 0 Å². The van der Waals surface area contributed by atoms with Gasteiger partial charge in [0.2, 0.25) is 5.43 Å². The Morgan fingerprint density at radius 3 is 2.20 bits per heavy atom. The maximum absolute atomic E-state index is 13.7. The molecule has 1 aromatic heterocycles. The molecule has 0 saturated heterocycles. The monoisotopic (exact) mass is 472 g/mol. The number of fused-ring (bicyclic) bond motifs is 1. The number of amides is 1. The molecule has 2 aromatic carbocycles. The van der Waals surface area contributed by atoms with Gasteiger partial charge < -0.3 is 18.9 Å². The highest BCUT2D eigenvalue weighted by Gasteiger charge is 2.39. The zero-order valence-corrected chi connectivity index (χ0v) is 20.8. The van der Waals surface area contributed by atoms with E-state index in [-0.39, 0.29) is 29.0 Å². The number of carbonyl (C=O) groups excluding carboxylic acids is 1. The van der Waals surface area contributed by atoms with Crippen LogP contribution in [0.25, 0.3) is 0 Å². The van der Waals surface area contributed by atoms with Crippen LogP contribution in [0.15, 0.2) is 71.7 Å². The number of hydrogen-bond donors (Lipinski definition) is 0. The summed E-state index contributed by atoms with van der Waals surface area (Å²) in [6.07, 6.45) is 3.59. The smallest absolute Gasteiger partial charge is 0.274 e. The fourth-order valence-corrected chi connectivity index (χ4v) is 4.82. The van der Waals surface area contributed by atoms with Crippen LogP contribution in [-0.4, -0.2) is 56.6 Å². The molecule has 3 aromatic rings. The van der Waals surface area contributed by atoms with Crippen molar-refractivity contribution >= 4 is 19.2 Å². The first-order chi connectivity index (χ1) is 17.1. The molecule has 182 valence electrons. The van der Waals surface area contributed by atoms with Gasteiger partial charge in [0.05, 0.1) is 19.3 Å². The maximum Gasteiger partial charge on any atom is 0.274 e. The largest absolute Gasteiger partial charge is 0.487 e. The number of aromatic nitrogens is 1. The lowest BCUT2D eigenvalue weighted by atomic mass is 9.83. The summed E-state index contributed by atoms with van der Waals surface area (Å²) < 4.78 is 13.3. The molecule has 35 heavy (non-hydrogen) atoms. The SMILES string of the molecule is Bc1cn2c(c(OCCCC)c1=O)C(=O)N(CCOC)C[C@@H]2C(c1ccccc1)c1ccccc1. The highest BCUT2D eigenvalue weighted by Crippen LogP contribution is 2.39. The topological polar surface area (TPSA) is 60.8 Å². The second-order valence-corrected chi connectivity index (χ2v) is 9.04. The van der Waals surface area contributed by atoms with Crippen LogP contribution in [0.1, 0.15) is 53.3 Å². The van der Waals surface area contributed by atoms with Gasteiger partial charge in [0.1, 0.15) is 7.85 Å². The number of pyridine rings is 1. The highest BCUT2D eigenvalue weighted by molar-refractivity contribution is 6.32. The van der Waals surface area contributed by atoms with Gasteiger partial charge in [-0.2, -0.15) is 0 Å². The van der Waals surface area contributed by atoms with Crippen LogP contribution in [0, 0.1) is 0 Å². The first-order valence-corrected chi connectivity index (χ1v) is 12.3. The van der Waals surface area contributed by atoms with Gasteiger partial charge in [0, 0.05) is 32.3 Å². The molecular formula is C28H33BN2O4. The minimum atomic E-state index is -0.219. The minimum Gasteiger partial charge on any atom is -0.487 e. The van der Waals surface area contributed by atoms with Crippen molar-refractivity contribution in [1.29, 1.82) is 0 Å². The molecule has 6 nitrogen and oxygen atoms in total. The van der Waals surface area contributed by atoms with Crippen LogP contribution in [-0.2, 0) is 4.74 Å². The van der Waals surface area contributed by atoms with E-state index in [0.29, 0.717) is 37.5 Å². The third kappa shape index (κ3) is 5.20. The molecule has 0 spiro atoms. The van der Waals surface area contributed by atoms with Crippen molar-refractivity contribution in [2.45, 2.75) is 31.7 Å². The van der Waals surface area contributed by atoms with Gasteiger partial charge >= 0.3 is 0 Å². The average Bonchev–Trinajstić information content (AvgIpc) is 2.88. The van der Waals surface area contributed by atoms with E-state index in [4.69, 9.17) is 9.47 Å². The van der Waals surface area contributed by atoms with Crippen LogP contribution in [0.2, 0.25) is 0 Å². The Balaban J connectivity index is 1.92. The Morgan fingerprint density at radius 1 is 1.00 bits per heavy atom. The van der Waals surface area contributed by atoms with Gasteiger partial charge in [0.25, 0.3) is 5.91 Å². The Labute approximate surface area is 207 Å². The Hall–Kier alpha value is -3.32. The number of hydrogen-bond acceptors (Lipinski definition) is 4. The van der Waals surface area contributed by atoms with Crippen molar-refractivity contribution in [3.05, 3.63) is 93.9 Å². The molecule has 1 atom stereocenters. The van der Waals surface area contributed by atoms with E-state index in [0.717, 1.165) is 24.0 Å². The summed E-state index contributed by atoms with van der Waals surface area (Å²) in [6.45, 7) is 3.83. The highest BCUT2D eigenvalue weighted by atomic mass is 16.5. The fourth-order valence-electron chi connectivity index (χ4n) is 4.82. The van der Waals surface area contributed by atoms with Crippen molar-refractivity contribution < 1.29 is 14.3 Å². The van der Waals surface area contributed by atoms with Crippen LogP contribution in [0.3, 0.4) is 0 Å². The standard InChI is InChI=1S/C28H33BN2O4/c1-3-4-16-35-27-25-28(33)30(15-17-34-2)19-23(31(25)18-22(29)26(27)32)24(20-11-7-5-8-12-20)21-13-9-6-10-14-21/h5-14,18,23-24H,3-4,15-17,19,29H2,1-2H3/t23-/m1/s1. The number of rotatable bonds is 10. The number of methoxy groups -OCH3 is 1. The zero-order valence-electron chi connectivity index (χ0n) is 20.8. The maximum atomic E-state index is 13.7. The summed E-state index contributed by atoms with van der Waals surface area (Å²) in [6, 6.07) is 20.6. The van der Waals surface area contributed by atoms with E-state index >= 15 is 0 Å². The van der Waals surface area contributed by atoms with Gasteiger partial charge in [-0.05, 0) is 23.0 Å². The van der Waals surface area contributed by atoms with E-state index in [1.807, 2.05) is 47.2 Å². The molecule has 7 heteroatoms. The zero-order chi connectivity index (χ0) is 24.8. The Morgan fingerprint density at radius 2 is 1.63 bits per heavy atom. The normalized spacial score (nSPS) is 15.3. The molecular weight excluding hydrogens is 439 g/mol. The fraction of sp³-hybridized carbons (Fsp3) is 0.357. The third-order valence-electron chi connectivity index (χ3n) is 6.64. The van der Waals surface area contributed by atoms with E-state index < -0.39 is 0 Å². The van der Waals surface area contributed by atoms with Crippen molar-refractivity contribution in [3.8, 4) is 5.75 Å². The van der Waals surface area contributed by atoms with Crippen molar-refractivity contribution in [2.24, 2.45) is 0 Å². The predicted octanol–water partition coefficient (Wildman–Crippen LogP) is 2.76. The third-order valence-corrected chi connectivity index (χ3v) is 6.64. The van der Waals surface area contributed by atoms with E-state index in [1.54, 1.807) is 19.9 Å². The molecule has 0 bridgehead atoms. The molecule has 1 amide bonds. The van der Waals surface area contributed by atoms with Crippen LogP contribution in [0.5, 0.6) is 5.75 Å². The Kier molecular flexibility index (Phi) is 8.08. The molecule has 1 aliphatic heterocycles. The van der Waals surface area contributed by atoms with Crippen molar-refractivity contribution in [3.63, 3.8) is 0 Å². The lowest BCUT2D eigenvalue weighted by Gasteiger charge is -2.41. The molecule has 0 unspecified atom stereocenters. The molecule has 0 aliphatic carbocycles. The summed E-state index contributed by atoms with van der Waals surface area (Å²) >= 11 is 0. The molecule has 1 aliphatic rings. The van der Waals surface area contributed by atoms with Crippen molar-refractivity contribution in [1.82, 2.24) is 9.47 Å². The van der Waals surface area contributed by atoms with Gasteiger partial charge in [-0.15, -0.1) is 0 Å². The van der Waals surface area contributed by atoms with Crippen molar-refractivity contribution in [2.75, 3.05) is 33.4 Å². The molecule has 0 fully saturated rings. The van der Waals surface area contributed by atoms with Gasteiger partial charge in [-0.1, -0.05) is 74.0 Å². The second-order valence-electron chi connectivity index (χ2n) is 9.04. The summed E-state index contributed by atoms with van der Waals surface area (Å²) in [5.41, 5.74) is 2.99.